The van der Waals surface area contributed by atoms with Gasteiger partial charge in [0.2, 0.25) is 5.91 Å². The molecular formula is C20H31NO. The number of anilines is 1. The van der Waals surface area contributed by atoms with Crippen molar-refractivity contribution < 1.29 is 4.79 Å². The van der Waals surface area contributed by atoms with Crippen LogP contribution in [0.4, 0.5) is 5.69 Å². The van der Waals surface area contributed by atoms with Crippen LogP contribution >= 0.6 is 0 Å². The Bertz CT molecular complexity index is 474. The van der Waals surface area contributed by atoms with Gasteiger partial charge in [0.15, 0.2) is 0 Å². The molecule has 0 bridgehead atoms. The summed E-state index contributed by atoms with van der Waals surface area (Å²) in [6, 6.07) is 8.30. The maximum atomic E-state index is 12.9. The minimum atomic E-state index is 0.235. The largest absolute Gasteiger partial charge is 0.312 e. The zero-order valence-corrected chi connectivity index (χ0v) is 14.5. The Balaban J connectivity index is 1.95. The van der Waals surface area contributed by atoms with E-state index in [1.807, 2.05) is 11.0 Å². The average Bonchev–Trinajstić information content (AvgIpc) is 2.54. The zero-order chi connectivity index (χ0) is 15.9. The fraction of sp³-hybridized carbons (Fsp3) is 0.650. The Hall–Kier alpha value is -1.31. The van der Waals surface area contributed by atoms with Crippen LogP contribution in [0.5, 0.6) is 0 Å². The maximum absolute atomic E-state index is 12.9. The minimum absolute atomic E-state index is 0.235. The standard InChI is InChI=1S/C20H31NO/c1-4-6-9-17-11-13-18(14-12-17)20(22)21(5-2)19-10-7-8-16(3)15-19/h7-8,10,15,17-18H,4-6,9,11-14H2,1-3H3. The Morgan fingerprint density at radius 3 is 2.50 bits per heavy atom. The number of unbranched alkanes of at least 4 members (excludes halogenated alkanes) is 1. The Kier molecular flexibility index (Phi) is 6.48. The van der Waals surface area contributed by atoms with Gasteiger partial charge in [-0.1, -0.05) is 38.3 Å². The fourth-order valence-electron chi connectivity index (χ4n) is 3.67. The number of hydrogen-bond acceptors (Lipinski definition) is 1. The number of carbonyl (C=O) groups excluding carboxylic acids is 1. The van der Waals surface area contributed by atoms with Gasteiger partial charge >= 0.3 is 0 Å². The second-order valence-electron chi connectivity index (χ2n) is 6.78. The molecule has 1 aromatic rings. The van der Waals surface area contributed by atoms with E-state index in [1.54, 1.807) is 0 Å². The van der Waals surface area contributed by atoms with Crippen LogP contribution in [0.3, 0.4) is 0 Å². The molecule has 2 nitrogen and oxygen atoms in total. The molecule has 1 fully saturated rings. The van der Waals surface area contributed by atoms with Crippen LogP contribution in [0.25, 0.3) is 0 Å². The molecular weight excluding hydrogens is 270 g/mol. The molecule has 0 N–H and O–H groups in total. The van der Waals surface area contributed by atoms with Crippen molar-refractivity contribution in [1.29, 1.82) is 0 Å². The predicted molar refractivity (Wildman–Crippen MR) is 94.2 cm³/mol. The fourth-order valence-corrected chi connectivity index (χ4v) is 3.67. The molecule has 1 aromatic carbocycles. The summed E-state index contributed by atoms with van der Waals surface area (Å²) in [5.74, 6) is 1.43. The maximum Gasteiger partial charge on any atom is 0.230 e. The second-order valence-corrected chi connectivity index (χ2v) is 6.78. The van der Waals surface area contributed by atoms with Gasteiger partial charge in [-0.25, -0.2) is 0 Å². The Labute approximate surface area is 135 Å². The molecule has 1 amide bonds. The first kappa shape index (κ1) is 17.1. The average molecular weight is 301 g/mol. The number of nitrogens with zero attached hydrogens (tertiary/aromatic N) is 1. The SMILES string of the molecule is CCCCC1CCC(C(=O)N(CC)c2cccc(C)c2)CC1. The van der Waals surface area contributed by atoms with E-state index < -0.39 is 0 Å². The second kappa shape index (κ2) is 8.36. The van der Waals surface area contributed by atoms with Gasteiger partial charge in [0.25, 0.3) is 0 Å². The Morgan fingerprint density at radius 1 is 1.18 bits per heavy atom. The van der Waals surface area contributed by atoms with Crippen LogP contribution in [-0.2, 0) is 4.79 Å². The van der Waals surface area contributed by atoms with Gasteiger partial charge in [0.1, 0.15) is 0 Å². The van der Waals surface area contributed by atoms with Gasteiger partial charge in [0.05, 0.1) is 0 Å². The van der Waals surface area contributed by atoms with E-state index in [1.165, 1.54) is 37.7 Å². The summed E-state index contributed by atoms with van der Waals surface area (Å²) < 4.78 is 0. The number of aryl methyl sites for hydroxylation is 1. The van der Waals surface area contributed by atoms with E-state index in [2.05, 4.69) is 39.0 Å². The molecule has 0 heterocycles. The molecule has 2 rings (SSSR count). The summed E-state index contributed by atoms with van der Waals surface area (Å²) in [5, 5.41) is 0. The van der Waals surface area contributed by atoms with Gasteiger partial charge in [-0.3, -0.25) is 4.79 Å². The van der Waals surface area contributed by atoms with E-state index in [0.717, 1.165) is 31.0 Å². The molecule has 1 saturated carbocycles. The van der Waals surface area contributed by atoms with Crippen LogP contribution < -0.4 is 4.90 Å². The molecule has 0 atom stereocenters. The van der Waals surface area contributed by atoms with E-state index in [-0.39, 0.29) is 5.92 Å². The molecule has 1 aliphatic rings. The monoisotopic (exact) mass is 301 g/mol. The number of rotatable bonds is 6. The lowest BCUT2D eigenvalue weighted by Gasteiger charge is -2.32. The molecule has 22 heavy (non-hydrogen) atoms. The van der Waals surface area contributed by atoms with Crippen LogP contribution in [0.2, 0.25) is 0 Å². The highest BCUT2D eigenvalue weighted by Gasteiger charge is 2.29. The van der Waals surface area contributed by atoms with Gasteiger partial charge in [-0.2, -0.15) is 0 Å². The van der Waals surface area contributed by atoms with Crippen molar-refractivity contribution >= 4 is 11.6 Å². The van der Waals surface area contributed by atoms with Crippen molar-refractivity contribution in [2.45, 2.75) is 65.7 Å². The van der Waals surface area contributed by atoms with Crippen molar-refractivity contribution in [1.82, 2.24) is 0 Å². The van der Waals surface area contributed by atoms with Gasteiger partial charge < -0.3 is 4.90 Å². The summed E-state index contributed by atoms with van der Waals surface area (Å²) in [5.41, 5.74) is 2.27. The zero-order valence-electron chi connectivity index (χ0n) is 14.5. The van der Waals surface area contributed by atoms with Crippen molar-refractivity contribution in [3.63, 3.8) is 0 Å². The minimum Gasteiger partial charge on any atom is -0.312 e. The summed E-state index contributed by atoms with van der Waals surface area (Å²) in [4.78, 5) is 14.9. The first-order valence-electron chi connectivity index (χ1n) is 9.03. The first-order chi connectivity index (χ1) is 10.7. The van der Waals surface area contributed by atoms with Crippen molar-refractivity contribution in [3.8, 4) is 0 Å². The van der Waals surface area contributed by atoms with Gasteiger partial charge in [-0.05, 0) is 63.1 Å². The third kappa shape index (κ3) is 4.34. The van der Waals surface area contributed by atoms with E-state index in [9.17, 15) is 4.79 Å². The van der Waals surface area contributed by atoms with Crippen molar-refractivity contribution in [2.75, 3.05) is 11.4 Å². The van der Waals surface area contributed by atoms with Crippen molar-refractivity contribution in [2.24, 2.45) is 11.8 Å². The lowest BCUT2D eigenvalue weighted by atomic mass is 9.79. The van der Waals surface area contributed by atoms with E-state index in [0.29, 0.717) is 5.91 Å². The lowest BCUT2D eigenvalue weighted by molar-refractivity contribution is -0.123. The molecule has 0 unspecified atom stereocenters. The first-order valence-corrected chi connectivity index (χ1v) is 9.03. The highest BCUT2D eigenvalue weighted by Crippen LogP contribution is 2.33. The molecule has 2 heteroatoms. The number of carbonyl (C=O) groups is 1. The highest BCUT2D eigenvalue weighted by atomic mass is 16.2. The third-order valence-corrected chi connectivity index (χ3v) is 5.06. The summed E-state index contributed by atoms with van der Waals surface area (Å²) in [7, 11) is 0. The van der Waals surface area contributed by atoms with E-state index in [4.69, 9.17) is 0 Å². The molecule has 0 spiro atoms. The molecule has 0 aromatic heterocycles. The lowest BCUT2D eigenvalue weighted by Crippen LogP contribution is -2.37. The molecule has 0 saturated heterocycles. The third-order valence-electron chi connectivity index (χ3n) is 5.06. The highest BCUT2D eigenvalue weighted by molar-refractivity contribution is 5.95. The topological polar surface area (TPSA) is 20.3 Å². The predicted octanol–water partition coefficient (Wildman–Crippen LogP) is 5.34. The summed E-state index contributed by atoms with van der Waals surface area (Å²) in [6.45, 7) is 7.18. The van der Waals surface area contributed by atoms with Crippen LogP contribution in [0.1, 0.15) is 64.4 Å². The number of benzene rings is 1. The molecule has 0 aliphatic heterocycles. The van der Waals surface area contributed by atoms with Crippen molar-refractivity contribution in [3.05, 3.63) is 29.8 Å². The number of hydrogen-bond donors (Lipinski definition) is 0. The van der Waals surface area contributed by atoms with Crippen LogP contribution in [0.15, 0.2) is 24.3 Å². The molecule has 1 aliphatic carbocycles. The smallest absolute Gasteiger partial charge is 0.230 e. The number of amides is 1. The molecule has 122 valence electrons. The Morgan fingerprint density at radius 2 is 1.91 bits per heavy atom. The summed E-state index contributed by atoms with van der Waals surface area (Å²) >= 11 is 0. The summed E-state index contributed by atoms with van der Waals surface area (Å²) in [6.07, 6.45) is 8.62. The van der Waals surface area contributed by atoms with Gasteiger partial charge in [0, 0.05) is 18.2 Å². The van der Waals surface area contributed by atoms with Gasteiger partial charge in [-0.15, -0.1) is 0 Å². The van der Waals surface area contributed by atoms with E-state index >= 15 is 0 Å². The van der Waals surface area contributed by atoms with Crippen LogP contribution in [0, 0.1) is 18.8 Å². The normalized spacial score (nSPS) is 21.6. The van der Waals surface area contributed by atoms with Crippen LogP contribution in [-0.4, -0.2) is 12.5 Å². The quantitative estimate of drug-likeness (QED) is 0.694. The molecule has 0 radical (unpaired) electrons.